The molecule has 0 aliphatic heterocycles. The zero-order chi connectivity index (χ0) is 12.8. The molecule has 1 aromatic carbocycles. The molecule has 0 saturated heterocycles. The lowest BCUT2D eigenvalue weighted by Crippen LogP contribution is -2.24. The van der Waals surface area contributed by atoms with Crippen LogP contribution in [0.3, 0.4) is 0 Å². The van der Waals surface area contributed by atoms with Crippen LogP contribution in [0.25, 0.3) is 0 Å². The van der Waals surface area contributed by atoms with E-state index >= 15 is 0 Å². The van der Waals surface area contributed by atoms with Crippen LogP contribution in [0.1, 0.15) is 15.9 Å². The van der Waals surface area contributed by atoms with Crippen LogP contribution in [-0.2, 0) is 6.54 Å². The molecule has 1 N–H and O–H groups in total. The number of thiol groups is 1. The maximum atomic E-state index is 11.7. The molecule has 0 atom stereocenters. The van der Waals surface area contributed by atoms with Crippen LogP contribution in [-0.4, -0.2) is 22.8 Å². The van der Waals surface area contributed by atoms with Gasteiger partial charge in [0.05, 0.1) is 5.56 Å². The van der Waals surface area contributed by atoms with Gasteiger partial charge in [-0.05, 0) is 11.6 Å². The van der Waals surface area contributed by atoms with E-state index in [-0.39, 0.29) is 5.91 Å². The van der Waals surface area contributed by atoms with E-state index < -0.39 is 0 Å². The highest BCUT2D eigenvalue weighted by molar-refractivity contribution is 7.80. The fourth-order valence-electron chi connectivity index (χ4n) is 1.74. The summed E-state index contributed by atoms with van der Waals surface area (Å²) < 4.78 is 2.00. The molecule has 4 heteroatoms. The molecule has 2 rings (SSSR count). The first-order chi connectivity index (χ1) is 8.79. The Morgan fingerprint density at radius 1 is 1.22 bits per heavy atom. The Morgan fingerprint density at radius 2 is 2.00 bits per heavy atom. The molecule has 18 heavy (non-hydrogen) atoms. The number of nitrogens with one attached hydrogen (secondary N) is 1. The molecule has 1 heterocycles. The van der Waals surface area contributed by atoms with E-state index in [4.69, 9.17) is 0 Å². The predicted octanol–water partition coefficient (Wildman–Crippen LogP) is 2.20. The molecule has 94 valence electrons. The number of carbonyl (C=O) groups excluding carboxylic acids is 1. The van der Waals surface area contributed by atoms with Gasteiger partial charge in [0.25, 0.3) is 5.91 Å². The van der Waals surface area contributed by atoms with E-state index in [2.05, 4.69) is 30.1 Å². The van der Waals surface area contributed by atoms with Gasteiger partial charge in [-0.15, -0.1) is 0 Å². The van der Waals surface area contributed by atoms with Gasteiger partial charge in [-0.3, -0.25) is 4.79 Å². The minimum Gasteiger partial charge on any atom is -0.351 e. The van der Waals surface area contributed by atoms with Crippen molar-refractivity contribution in [2.45, 2.75) is 6.54 Å². The summed E-state index contributed by atoms with van der Waals surface area (Å²) in [5.41, 5.74) is 1.91. The van der Waals surface area contributed by atoms with E-state index in [1.807, 2.05) is 41.2 Å². The van der Waals surface area contributed by atoms with Crippen LogP contribution in [0, 0.1) is 0 Å². The number of hydrogen-bond donors (Lipinski definition) is 2. The summed E-state index contributed by atoms with van der Waals surface area (Å²) in [7, 11) is 0. The minimum absolute atomic E-state index is 0.0455. The number of nitrogens with zero attached hydrogens (tertiary/aromatic N) is 1. The van der Waals surface area contributed by atoms with Crippen LogP contribution >= 0.6 is 12.6 Å². The Balaban J connectivity index is 2.00. The van der Waals surface area contributed by atoms with Crippen molar-refractivity contribution < 1.29 is 4.79 Å². The summed E-state index contributed by atoms with van der Waals surface area (Å²) in [6.45, 7) is 1.37. The Labute approximate surface area is 112 Å². The van der Waals surface area contributed by atoms with Crippen molar-refractivity contribution in [1.82, 2.24) is 9.88 Å². The molecule has 0 aliphatic carbocycles. The van der Waals surface area contributed by atoms with Gasteiger partial charge < -0.3 is 9.88 Å². The topological polar surface area (TPSA) is 34.0 Å². The van der Waals surface area contributed by atoms with Gasteiger partial charge in [-0.2, -0.15) is 12.6 Å². The summed E-state index contributed by atoms with van der Waals surface area (Å²) in [5, 5.41) is 2.80. The van der Waals surface area contributed by atoms with Gasteiger partial charge in [0.1, 0.15) is 0 Å². The number of rotatable bonds is 5. The number of carbonyl (C=O) groups is 1. The fourth-order valence-corrected chi connectivity index (χ4v) is 1.85. The average molecular weight is 260 g/mol. The van der Waals surface area contributed by atoms with Crippen LogP contribution in [0.15, 0.2) is 48.8 Å². The fraction of sp³-hybridized carbons (Fsp3) is 0.214. The van der Waals surface area contributed by atoms with Crippen LogP contribution in [0.2, 0.25) is 0 Å². The molecule has 0 unspecified atom stereocenters. The summed E-state index contributed by atoms with van der Waals surface area (Å²) >= 11 is 4.06. The van der Waals surface area contributed by atoms with Crippen molar-refractivity contribution in [2.75, 3.05) is 12.3 Å². The van der Waals surface area contributed by atoms with Gasteiger partial charge in [0.2, 0.25) is 0 Å². The number of amides is 1. The van der Waals surface area contributed by atoms with Gasteiger partial charge >= 0.3 is 0 Å². The summed E-state index contributed by atoms with van der Waals surface area (Å²) in [5.74, 6) is 0.604. The van der Waals surface area contributed by atoms with Gasteiger partial charge in [0, 0.05) is 31.2 Å². The molecule has 2 aromatic rings. The number of hydrogen-bond acceptors (Lipinski definition) is 2. The highest BCUT2D eigenvalue weighted by atomic mass is 32.1. The first-order valence-corrected chi connectivity index (χ1v) is 6.51. The highest BCUT2D eigenvalue weighted by Crippen LogP contribution is 2.06. The van der Waals surface area contributed by atoms with E-state index in [0.717, 1.165) is 6.54 Å². The van der Waals surface area contributed by atoms with Crippen LogP contribution < -0.4 is 5.32 Å². The second-order valence-corrected chi connectivity index (χ2v) is 4.48. The van der Waals surface area contributed by atoms with Gasteiger partial charge in [-0.25, -0.2) is 0 Å². The molecular formula is C14H16N2OS. The number of benzene rings is 1. The second-order valence-electron chi connectivity index (χ2n) is 4.04. The molecule has 1 aromatic heterocycles. The lowest BCUT2D eigenvalue weighted by Gasteiger charge is -2.03. The minimum atomic E-state index is -0.0455. The Kier molecular flexibility index (Phi) is 4.47. The largest absolute Gasteiger partial charge is 0.351 e. The summed E-state index contributed by atoms with van der Waals surface area (Å²) in [4.78, 5) is 11.7. The van der Waals surface area contributed by atoms with Crippen molar-refractivity contribution in [1.29, 1.82) is 0 Å². The quantitative estimate of drug-likeness (QED) is 0.794. The van der Waals surface area contributed by atoms with E-state index in [1.54, 1.807) is 0 Å². The van der Waals surface area contributed by atoms with Crippen LogP contribution in [0.5, 0.6) is 0 Å². The van der Waals surface area contributed by atoms with Crippen molar-refractivity contribution in [3.8, 4) is 0 Å². The summed E-state index contributed by atoms with van der Waals surface area (Å²) in [6, 6.07) is 12.0. The highest BCUT2D eigenvalue weighted by Gasteiger charge is 2.06. The zero-order valence-corrected chi connectivity index (χ0v) is 10.9. The SMILES string of the molecule is O=C(NCCS)c1ccn(Cc2ccccc2)c1. The van der Waals surface area contributed by atoms with Crippen LogP contribution in [0.4, 0.5) is 0 Å². The molecule has 0 bridgehead atoms. The second kappa shape index (κ2) is 6.31. The smallest absolute Gasteiger partial charge is 0.252 e. The molecule has 0 saturated carbocycles. The molecule has 1 amide bonds. The maximum Gasteiger partial charge on any atom is 0.252 e. The molecular weight excluding hydrogens is 244 g/mol. The zero-order valence-electron chi connectivity index (χ0n) is 10.0. The lowest BCUT2D eigenvalue weighted by atomic mass is 10.2. The first-order valence-electron chi connectivity index (χ1n) is 5.88. The van der Waals surface area contributed by atoms with Crippen molar-refractivity contribution in [2.24, 2.45) is 0 Å². The maximum absolute atomic E-state index is 11.7. The van der Waals surface area contributed by atoms with E-state index in [9.17, 15) is 4.79 Å². The monoisotopic (exact) mass is 260 g/mol. The molecule has 0 radical (unpaired) electrons. The van der Waals surface area contributed by atoms with E-state index in [0.29, 0.717) is 17.9 Å². The third kappa shape index (κ3) is 3.40. The standard InChI is InChI=1S/C14H16N2OS/c17-14(15-7-9-18)13-6-8-16(11-13)10-12-4-2-1-3-5-12/h1-6,8,11,18H,7,9-10H2,(H,15,17). The Morgan fingerprint density at radius 3 is 2.72 bits per heavy atom. The van der Waals surface area contributed by atoms with Crippen molar-refractivity contribution in [3.63, 3.8) is 0 Å². The normalized spacial score (nSPS) is 10.3. The molecule has 0 spiro atoms. The number of aromatic nitrogens is 1. The molecule has 3 nitrogen and oxygen atoms in total. The predicted molar refractivity (Wildman–Crippen MR) is 76.2 cm³/mol. The first kappa shape index (κ1) is 12.8. The third-order valence-electron chi connectivity index (χ3n) is 2.62. The van der Waals surface area contributed by atoms with E-state index in [1.165, 1.54) is 5.56 Å². The Hall–Kier alpha value is -1.68. The van der Waals surface area contributed by atoms with Gasteiger partial charge in [0.15, 0.2) is 0 Å². The Bertz CT molecular complexity index is 508. The summed E-state index contributed by atoms with van der Waals surface area (Å²) in [6.07, 6.45) is 3.78. The average Bonchev–Trinajstić information content (AvgIpc) is 2.86. The van der Waals surface area contributed by atoms with Gasteiger partial charge in [-0.1, -0.05) is 30.3 Å². The third-order valence-corrected chi connectivity index (χ3v) is 2.84. The van der Waals surface area contributed by atoms with Crippen molar-refractivity contribution in [3.05, 3.63) is 59.9 Å². The molecule has 0 aliphatic rings. The van der Waals surface area contributed by atoms with Crippen molar-refractivity contribution >= 4 is 18.5 Å². The lowest BCUT2D eigenvalue weighted by molar-refractivity contribution is 0.0956. The molecule has 0 fully saturated rings.